The lowest BCUT2D eigenvalue weighted by Crippen LogP contribution is -2.37. The highest BCUT2D eigenvalue weighted by atomic mass is 35.5. The molecule has 0 saturated heterocycles. The predicted octanol–water partition coefficient (Wildman–Crippen LogP) is 7.26. The van der Waals surface area contributed by atoms with Gasteiger partial charge in [0.05, 0.1) is 24.9 Å². The molecule has 1 atom stereocenters. The largest absolute Gasteiger partial charge is 0.493 e. The second-order valence-corrected chi connectivity index (χ2v) is 10.8. The number of carbonyl (C=O) groups excluding carboxylic acids is 1. The molecule has 3 rings (SSSR count). The first-order chi connectivity index (χ1) is 21.4. The maximum absolute atomic E-state index is 13.1. The summed E-state index contributed by atoms with van der Waals surface area (Å²) in [6.45, 7) is 16.4. The van der Waals surface area contributed by atoms with E-state index in [2.05, 4.69) is 42.8 Å². The van der Waals surface area contributed by atoms with Gasteiger partial charge in [-0.05, 0) is 80.8 Å². The van der Waals surface area contributed by atoms with E-state index in [-0.39, 0.29) is 43.1 Å². The maximum atomic E-state index is 13.1. The van der Waals surface area contributed by atoms with Crippen LogP contribution in [-0.4, -0.2) is 74.2 Å². The van der Waals surface area contributed by atoms with E-state index < -0.39 is 6.04 Å². The number of anilines is 1. The molecule has 0 fully saturated rings. The van der Waals surface area contributed by atoms with Crippen molar-refractivity contribution in [1.29, 1.82) is 0 Å². The average molecular weight is 714 g/mol. The first kappa shape index (κ1) is 44.3. The number of benzene rings is 3. The van der Waals surface area contributed by atoms with Crippen molar-refractivity contribution in [2.24, 2.45) is 5.73 Å². The maximum Gasteiger partial charge on any atom is 0.241 e. The van der Waals surface area contributed by atoms with Gasteiger partial charge in [0.25, 0.3) is 0 Å². The standard InChI is InChI=1S/C36H52N4O4.3ClH/c1-5-39(6-2)22-12-24-42-32-20-21-34(35(27-32)43-25-13-23-40(7-3)8-4)38-36(41)33(37)26-29-16-18-31(19-17-29)44-28-30-14-10-9-11-15-30;;;/h9-11,14-21,27,33H,5-8,12-13,22-26,28,37H2,1-4H3,(H,38,41);3*1H/t33-;;;/m1.../s1. The van der Waals surface area contributed by atoms with Gasteiger partial charge >= 0.3 is 0 Å². The summed E-state index contributed by atoms with van der Waals surface area (Å²) in [7, 11) is 0. The van der Waals surface area contributed by atoms with Crippen LogP contribution >= 0.6 is 37.2 Å². The third-order valence-corrected chi connectivity index (χ3v) is 7.73. The zero-order chi connectivity index (χ0) is 31.6. The van der Waals surface area contributed by atoms with Gasteiger partial charge in [-0.1, -0.05) is 70.2 Å². The molecule has 264 valence electrons. The molecule has 0 spiro atoms. The summed E-state index contributed by atoms with van der Waals surface area (Å²) in [6.07, 6.45) is 2.22. The van der Waals surface area contributed by atoms with Gasteiger partial charge in [0.1, 0.15) is 23.9 Å². The molecule has 0 aromatic heterocycles. The van der Waals surface area contributed by atoms with Gasteiger partial charge in [0, 0.05) is 19.2 Å². The van der Waals surface area contributed by atoms with E-state index in [1.165, 1.54) is 0 Å². The third-order valence-electron chi connectivity index (χ3n) is 7.73. The lowest BCUT2D eigenvalue weighted by atomic mass is 10.1. The molecule has 8 nitrogen and oxygen atoms in total. The topological polar surface area (TPSA) is 89.3 Å². The third kappa shape index (κ3) is 16.3. The molecule has 0 unspecified atom stereocenters. The number of nitrogens with zero attached hydrogens (tertiary/aromatic N) is 2. The van der Waals surface area contributed by atoms with Gasteiger partial charge in [-0.3, -0.25) is 4.79 Å². The van der Waals surface area contributed by atoms with Gasteiger partial charge in [-0.15, -0.1) is 37.2 Å². The van der Waals surface area contributed by atoms with Crippen molar-refractivity contribution in [2.75, 3.05) is 57.8 Å². The van der Waals surface area contributed by atoms with Crippen LogP contribution in [0, 0.1) is 0 Å². The van der Waals surface area contributed by atoms with Crippen LogP contribution in [0.25, 0.3) is 0 Å². The van der Waals surface area contributed by atoms with E-state index in [9.17, 15) is 4.79 Å². The number of ether oxygens (including phenoxy) is 3. The van der Waals surface area contributed by atoms with Crippen LogP contribution in [0.4, 0.5) is 5.69 Å². The smallest absolute Gasteiger partial charge is 0.241 e. The van der Waals surface area contributed by atoms with Crippen LogP contribution in [-0.2, 0) is 17.8 Å². The summed E-state index contributed by atoms with van der Waals surface area (Å²) in [4.78, 5) is 17.9. The van der Waals surface area contributed by atoms with E-state index in [1.807, 2.05) is 72.8 Å². The average Bonchev–Trinajstić information content (AvgIpc) is 3.06. The number of hydrogen-bond donors (Lipinski definition) is 2. The lowest BCUT2D eigenvalue weighted by Gasteiger charge is -2.20. The Bertz CT molecular complexity index is 1230. The monoisotopic (exact) mass is 712 g/mol. The Morgan fingerprint density at radius 3 is 1.83 bits per heavy atom. The summed E-state index contributed by atoms with van der Waals surface area (Å²) >= 11 is 0. The van der Waals surface area contributed by atoms with Crippen molar-refractivity contribution in [3.8, 4) is 17.2 Å². The second kappa shape index (κ2) is 25.3. The van der Waals surface area contributed by atoms with Crippen molar-refractivity contribution in [1.82, 2.24) is 9.80 Å². The molecule has 11 heteroatoms. The molecule has 0 radical (unpaired) electrons. The summed E-state index contributed by atoms with van der Waals surface area (Å²) in [5, 5.41) is 2.99. The first-order valence-electron chi connectivity index (χ1n) is 16.1. The minimum Gasteiger partial charge on any atom is -0.493 e. The fourth-order valence-electron chi connectivity index (χ4n) is 4.88. The van der Waals surface area contributed by atoms with E-state index in [0.29, 0.717) is 37.7 Å². The molecule has 0 aliphatic carbocycles. The SMILES string of the molecule is CCN(CC)CCCOc1ccc(NC(=O)[C@H](N)Cc2ccc(OCc3ccccc3)cc2)c(OCCCN(CC)CC)c1.Cl.Cl.Cl. The molecular weight excluding hydrogens is 659 g/mol. The Balaban J connectivity index is 0.00000705. The van der Waals surface area contributed by atoms with E-state index >= 15 is 0 Å². The second-order valence-electron chi connectivity index (χ2n) is 10.8. The van der Waals surface area contributed by atoms with Gasteiger partial charge in [0.15, 0.2) is 0 Å². The molecule has 47 heavy (non-hydrogen) atoms. The summed E-state index contributed by atoms with van der Waals surface area (Å²) in [6, 6.07) is 22.6. The lowest BCUT2D eigenvalue weighted by molar-refractivity contribution is -0.117. The fourth-order valence-corrected chi connectivity index (χ4v) is 4.88. The Labute approximate surface area is 300 Å². The van der Waals surface area contributed by atoms with Crippen molar-refractivity contribution >= 4 is 48.8 Å². The first-order valence-corrected chi connectivity index (χ1v) is 16.1. The minimum absolute atomic E-state index is 0. The highest BCUT2D eigenvalue weighted by Gasteiger charge is 2.17. The van der Waals surface area contributed by atoms with Crippen molar-refractivity contribution in [3.63, 3.8) is 0 Å². The Morgan fingerprint density at radius 2 is 1.26 bits per heavy atom. The van der Waals surface area contributed by atoms with Gasteiger partial charge in [-0.25, -0.2) is 0 Å². The number of halogens is 3. The highest BCUT2D eigenvalue weighted by molar-refractivity contribution is 5.96. The van der Waals surface area contributed by atoms with Crippen molar-refractivity contribution < 1.29 is 19.0 Å². The molecule has 3 aromatic carbocycles. The van der Waals surface area contributed by atoms with Crippen LogP contribution < -0.4 is 25.3 Å². The van der Waals surface area contributed by atoms with Crippen LogP contribution in [0.2, 0.25) is 0 Å². The van der Waals surface area contributed by atoms with E-state index in [4.69, 9.17) is 19.9 Å². The number of nitrogens with one attached hydrogen (secondary N) is 1. The molecule has 3 aromatic rings. The van der Waals surface area contributed by atoms with Crippen LogP contribution in [0.1, 0.15) is 51.7 Å². The van der Waals surface area contributed by atoms with Crippen molar-refractivity contribution in [3.05, 3.63) is 83.9 Å². The van der Waals surface area contributed by atoms with Gasteiger partial charge < -0.3 is 35.1 Å². The normalized spacial score (nSPS) is 11.1. The van der Waals surface area contributed by atoms with Gasteiger partial charge in [-0.2, -0.15) is 0 Å². The predicted molar refractivity (Wildman–Crippen MR) is 202 cm³/mol. The Morgan fingerprint density at radius 1 is 0.702 bits per heavy atom. The zero-order valence-electron chi connectivity index (χ0n) is 28.3. The number of carbonyl (C=O) groups is 1. The summed E-state index contributed by atoms with van der Waals surface area (Å²) < 4.78 is 18.1. The number of amides is 1. The minimum atomic E-state index is -0.724. The number of rotatable bonds is 21. The molecule has 0 aliphatic heterocycles. The highest BCUT2D eigenvalue weighted by Crippen LogP contribution is 2.30. The van der Waals surface area contributed by atoms with E-state index in [1.54, 1.807) is 0 Å². The molecule has 0 heterocycles. The zero-order valence-corrected chi connectivity index (χ0v) is 30.8. The van der Waals surface area contributed by atoms with Gasteiger partial charge in [0.2, 0.25) is 5.91 Å². The molecule has 1 amide bonds. The van der Waals surface area contributed by atoms with E-state index in [0.717, 1.165) is 74.7 Å². The molecule has 3 N–H and O–H groups in total. The summed E-state index contributed by atoms with van der Waals surface area (Å²) in [5.41, 5.74) is 9.00. The quantitative estimate of drug-likeness (QED) is 0.112. The number of nitrogens with two attached hydrogens (primary N) is 1. The molecule has 0 aliphatic rings. The molecular formula is C36H55Cl3N4O4. The Kier molecular flexibility index (Phi) is 23.9. The van der Waals surface area contributed by atoms with Crippen LogP contribution in [0.3, 0.4) is 0 Å². The summed E-state index contributed by atoms with van der Waals surface area (Å²) in [5.74, 6) is 1.82. The van der Waals surface area contributed by atoms with Crippen molar-refractivity contribution in [2.45, 2.75) is 59.6 Å². The van der Waals surface area contributed by atoms with Crippen LogP contribution in [0.15, 0.2) is 72.8 Å². The molecule has 0 saturated carbocycles. The fraction of sp³-hybridized carbons (Fsp3) is 0.472. The Hall–Kier alpha value is -2.72. The number of hydrogen-bond acceptors (Lipinski definition) is 7. The van der Waals surface area contributed by atoms with Crippen LogP contribution in [0.5, 0.6) is 17.2 Å². The molecule has 0 bridgehead atoms.